The van der Waals surface area contributed by atoms with Gasteiger partial charge in [-0.15, -0.1) is 0 Å². The molecule has 1 atom stereocenters. The van der Waals surface area contributed by atoms with E-state index in [-0.39, 0.29) is 0 Å². The van der Waals surface area contributed by atoms with Crippen LogP contribution in [-0.2, 0) is 16.0 Å². The van der Waals surface area contributed by atoms with Crippen LogP contribution in [0.2, 0.25) is 0 Å². The second-order valence-electron chi connectivity index (χ2n) is 7.22. The summed E-state index contributed by atoms with van der Waals surface area (Å²) in [6.45, 7) is 1.06. The molecule has 0 unspecified atom stereocenters. The second kappa shape index (κ2) is 9.53. The first-order chi connectivity index (χ1) is 15.1. The van der Waals surface area contributed by atoms with Crippen LogP contribution in [0.1, 0.15) is 12.0 Å². The van der Waals surface area contributed by atoms with Gasteiger partial charge in [0.1, 0.15) is 22.7 Å². The maximum Gasteiger partial charge on any atom is 0.333 e. The molecule has 6 heteroatoms. The second-order valence-corrected chi connectivity index (χ2v) is 7.22. The van der Waals surface area contributed by atoms with E-state index in [9.17, 15) is 4.79 Å². The molecular weight excluding hydrogens is 396 g/mol. The Balaban J connectivity index is 1.25. The summed E-state index contributed by atoms with van der Waals surface area (Å²) in [5.41, 5.74) is 2.60. The lowest BCUT2D eigenvalue weighted by molar-refractivity contribution is -0.148. The van der Waals surface area contributed by atoms with E-state index in [1.54, 1.807) is 0 Å². The summed E-state index contributed by atoms with van der Waals surface area (Å²) >= 11 is 0. The first-order valence-corrected chi connectivity index (χ1v) is 10.2. The minimum absolute atomic E-state index is 0.316. The van der Waals surface area contributed by atoms with Gasteiger partial charge in [0.05, 0.1) is 13.2 Å². The Hall–Kier alpha value is -3.51. The van der Waals surface area contributed by atoms with Gasteiger partial charge >= 0.3 is 5.97 Å². The van der Waals surface area contributed by atoms with Crippen molar-refractivity contribution in [3.8, 4) is 11.5 Å². The van der Waals surface area contributed by atoms with Gasteiger partial charge in [0.15, 0.2) is 6.10 Å². The smallest absolute Gasteiger partial charge is 0.333 e. The Labute approximate surface area is 179 Å². The molecule has 4 rings (SSSR count). The zero-order valence-corrected chi connectivity index (χ0v) is 17.2. The number of fused-ring (bicyclic) bond motifs is 3. The molecule has 0 fully saturated rings. The average molecular weight is 420 g/mol. The fourth-order valence-corrected chi connectivity index (χ4v) is 3.44. The Bertz CT molecular complexity index is 1160. The van der Waals surface area contributed by atoms with Crippen molar-refractivity contribution >= 4 is 27.9 Å². The van der Waals surface area contributed by atoms with Crippen LogP contribution in [-0.4, -0.2) is 37.5 Å². The third kappa shape index (κ3) is 4.98. The predicted molar refractivity (Wildman–Crippen MR) is 118 cm³/mol. The highest BCUT2D eigenvalue weighted by Crippen LogP contribution is 2.31. The molecule has 0 saturated heterocycles. The largest absolute Gasteiger partial charge is 0.493 e. The van der Waals surface area contributed by atoms with Crippen LogP contribution in [0.25, 0.3) is 21.9 Å². The maximum absolute atomic E-state index is 11.0. The van der Waals surface area contributed by atoms with Crippen LogP contribution in [0.3, 0.4) is 0 Å². The summed E-state index contributed by atoms with van der Waals surface area (Å²) in [7, 11) is 1.40. The summed E-state index contributed by atoms with van der Waals surface area (Å²) in [4.78, 5) is 11.0. The standard InChI is InChI=1S/C25H24O6/c1-28-24(25(26)27)15-17-7-9-18(10-8-17)29-13-4-14-30-19-11-12-23-21(16-19)20-5-2-3-6-22(20)31-23/h2-3,5-12,16,24H,4,13-15H2,1H3,(H,26,27)/t24-/m0/s1. The minimum Gasteiger partial charge on any atom is -0.493 e. The highest BCUT2D eigenvalue weighted by molar-refractivity contribution is 6.05. The number of hydrogen-bond acceptors (Lipinski definition) is 5. The molecule has 1 aromatic heterocycles. The Morgan fingerprint density at radius 2 is 1.58 bits per heavy atom. The number of carboxylic acids is 1. The third-order valence-corrected chi connectivity index (χ3v) is 5.08. The number of benzene rings is 3. The van der Waals surface area contributed by atoms with E-state index in [1.807, 2.05) is 66.7 Å². The molecule has 6 nitrogen and oxygen atoms in total. The molecule has 0 bridgehead atoms. The molecule has 31 heavy (non-hydrogen) atoms. The van der Waals surface area contributed by atoms with Crippen LogP contribution in [0.5, 0.6) is 11.5 Å². The summed E-state index contributed by atoms with van der Waals surface area (Å²) in [5, 5.41) is 11.2. The zero-order chi connectivity index (χ0) is 21.6. The van der Waals surface area contributed by atoms with Gasteiger partial charge < -0.3 is 23.7 Å². The molecule has 0 aliphatic carbocycles. The van der Waals surface area contributed by atoms with E-state index in [2.05, 4.69) is 0 Å². The molecule has 1 heterocycles. The third-order valence-electron chi connectivity index (χ3n) is 5.08. The van der Waals surface area contributed by atoms with Crippen LogP contribution < -0.4 is 9.47 Å². The summed E-state index contributed by atoms with van der Waals surface area (Å²) in [5.74, 6) is 0.566. The van der Waals surface area contributed by atoms with Crippen molar-refractivity contribution in [3.05, 3.63) is 72.3 Å². The number of rotatable bonds is 10. The normalized spacial score (nSPS) is 12.2. The van der Waals surface area contributed by atoms with Gasteiger partial charge in [-0.05, 0) is 42.0 Å². The van der Waals surface area contributed by atoms with Crippen molar-refractivity contribution in [2.45, 2.75) is 18.9 Å². The number of methoxy groups -OCH3 is 1. The SMILES string of the molecule is CO[C@@H](Cc1ccc(OCCCOc2ccc3oc4ccccc4c3c2)cc1)C(=O)O. The first-order valence-electron chi connectivity index (χ1n) is 10.2. The number of carboxylic acid groups (broad SMARTS) is 1. The highest BCUT2D eigenvalue weighted by Gasteiger charge is 2.16. The summed E-state index contributed by atoms with van der Waals surface area (Å²) in [6, 6.07) is 21.2. The molecule has 1 N–H and O–H groups in total. The van der Waals surface area contributed by atoms with Gasteiger partial charge in [-0.3, -0.25) is 0 Å². The van der Waals surface area contributed by atoms with E-state index >= 15 is 0 Å². The van der Waals surface area contributed by atoms with Gasteiger partial charge in [-0.25, -0.2) is 4.79 Å². The lowest BCUT2D eigenvalue weighted by atomic mass is 10.1. The fourth-order valence-electron chi connectivity index (χ4n) is 3.44. The van der Waals surface area contributed by atoms with E-state index in [4.69, 9.17) is 23.7 Å². The summed E-state index contributed by atoms with van der Waals surface area (Å²) < 4.78 is 22.4. The Morgan fingerprint density at radius 3 is 2.32 bits per heavy atom. The van der Waals surface area contributed by atoms with Crippen molar-refractivity contribution in [1.29, 1.82) is 0 Å². The number of para-hydroxylation sites is 1. The van der Waals surface area contributed by atoms with Gasteiger partial charge in [0.25, 0.3) is 0 Å². The van der Waals surface area contributed by atoms with E-state index in [0.717, 1.165) is 45.4 Å². The van der Waals surface area contributed by atoms with E-state index in [0.29, 0.717) is 19.6 Å². The molecule has 0 radical (unpaired) electrons. The quantitative estimate of drug-likeness (QED) is 0.361. The molecule has 0 aliphatic rings. The highest BCUT2D eigenvalue weighted by atomic mass is 16.5. The number of ether oxygens (including phenoxy) is 3. The topological polar surface area (TPSA) is 78.1 Å². The molecule has 4 aromatic rings. The van der Waals surface area contributed by atoms with Crippen molar-refractivity contribution < 1.29 is 28.5 Å². The first kappa shape index (κ1) is 20.8. The Morgan fingerprint density at radius 1 is 0.903 bits per heavy atom. The number of aliphatic carboxylic acids is 1. The molecule has 0 saturated carbocycles. The molecular formula is C25H24O6. The lowest BCUT2D eigenvalue weighted by Gasteiger charge is -2.11. The van der Waals surface area contributed by atoms with Crippen molar-refractivity contribution in [2.75, 3.05) is 20.3 Å². The predicted octanol–water partition coefficient (Wildman–Crippen LogP) is 5.08. The zero-order valence-electron chi connectivity index (χ0n) is 17.2. The monoisotopic (exact) mass is 420 g/mol. The van der Waals surface area contributed by atoms with Crippen LogP contribution in [0.4, 0.5) is 0 Å². The van der Waals surface area contributed by atoms with Gasteiger partial charge in [0, 0.05) is 30.7 Å². The van der Waals surface area contributed by atoms with Gasteiger partial charge in [0.2, 0.25) is 0 Å². The van der Waals surface area contributed by atoms with Crippen molar-refractivity contribution in [2.24, 2.45) is 0 Å². The molecule has 3 aromatic carbocycles. The molecule has 0 amide bonds. The van der Waals surface area contributed by atoms with Crippen molar-refractivity contribution in [1.82, 2.24) is 0 Å². The number of hydrogen-bond donors (Lipinski definition) is 1. The Kier molecular flexibility index (Phi) is 6.38. The van der Waals surface area contributed by atoms with E-state index < -0.39 is 12.1 Å². The van der Waals surface area contributed by atoms with Crippen LogP contribution in [0, 0.1) is 0 Å². The minimum atomic E-state index is -0.970. The van der Waals surface area contributed by atoms with Gasteiger partial charge in [-0.1, -0.05) is 30.3 Å². The van der Waals surface area contributed by atoms with Gasteiger partial charge in [-0.2, -0.15) is 0 Å². The van der Waals surface area contributed by atoms with Crippen molar-refractivity contribution in [3.63, 3.8) is 0 Å². The van der Waals surface area contributed by atoms with Crippen LogP contribution in [0.15, 0.2) is 71.1 Å². The molecule has 160 valence electrons. The van der Waals surface area contributed by atoms with E-state index in [1.165, 1.54) is 7.11 Å². The number of carbonyl (C=O) groups is 1. The average Bonchev–Trinajstić information content (AvgIpc) is 3.16. The number of furan rings is 1. The molecule has 0 aliphatic heterocycles. The maximum atomic E-state index is 11.0. The summed E-state index contributed by atoms with van der Waals surface area (Å²) in [6.07, 6.45) is 0.204. The lowest BCUT2D eigenvalue weighted by Crippen LogP contribution is -2.24. The molecule has 0 spiro atoms. The fraction of sp³-hybridized carbons (Fsp3) is 0.240. The van der Waals surface area contributed by atoms with Crippen LogP contribution >= 0.6 is 0 Å².